The summed E-state index contributed by atoms with van der Waals surface area (Å²) in [4.78, 5) is 38.4. The molecule has 4 rings (SSSR count). The molecule has 2 aromatic heterocycles. The van der Waals surface area contributed by atoms with E-state index in [1.165, 1.54) is 0 Å². The van der Waals surface area contributed by atoms with Crippen molar-refractivity contribution in [1.29, 1.82) is 0 Å². The Hall–Kier alpha value is -3.78. The lowest BCUT2D eigenvalue weighted by Crippen LogP contribution is -2.59. The van der Waals surface area contributed by atoms with Crippen LogP contribution in [-0.4, -0.2) is 64.3 Å². The number of hydrogen-bond donors (Lipinski definition) is 1. The molecule has 8 heteroatoms. The van der Waals surface area contributed by atoms with Crippen molar-refractivity contribution in [2.45, 2.75) is 19.5 Å². The minimum Gasteiger partial charge on any atom is -0.437 e. The lowest BCUT2D eigenvalue weighted by atomic mass is 10.1. The van der Waals surface area contributed by atoms with Gasteiger partial charge in [0.15, 0.2) is 0 Å². The first-order valence-electron chi connectivity index (χ1n) is 10.9. The fourth-order valence-corrected chi connectivity index (χ4v) is 3.86. The summed E-state index contributed by atoms with van der Waals surface area (Å²) in [5.74, 6) is 0.392. The molecule has 3 aromatic rings. The zero-order valence-corrected chi connectivity index (χ0v) is 18.8. The number of benzene rings is 1. The van der Waals surface area contributed by atoms with Gasteiger partial charge in [-0.2, -0.15) is 0 Å². The first-order chi connectivity index (χ1) is 16.0. The number of aromatic nitrogens is 2. The Labute approximate surface area is 193 Å². The van der Waals surface area contributed by atoms with Gasteiger partial charge in [-0.15, -0.1) is 0 Å². The second-order valence-electron chi connectivity index (χ2n) is 7.93. The molecule has 1 atom stereocenters. The SMILES string of the molecule is CNC(=O)[C@@H]1CN(C(=O)c2cccnc2Oc2ccc(C)nc2)CCN1Cc1ccccc1. The minimum atomic E-state index is -0.449. The van der Waals surface area contributed by atoms with Crippen molar-refractivity contribution in [3.8, 4) is 11.6 Å². The maximum atomic E-state index is 13.4. The zero-order chi connectivity index (χ0) is 23.2. The van der Waals surface area contributed by atoms with Crippen molar-refractivity contribution >= 4 is 11.8 Å². The summed E-state index contributed by atoms with van der Waals surface area (Å²) in [5, 5.41) is 2.74. The van der Waals surface area contributed by atoms with Crippen molar-refractivity contribution in [3.05, 3.63) is 83.8 Å². The highest BCUT2D eigenvalue weighted by Crippen LogP contribution is 2.25. The van der Waals surface area contributed by atoms with E-state index in [9.17, 15) is 9.59 Å². The highest BCUT2D eigenvalue weighted by atomic mass is 16.5. The van der Waals surface area contributed by atoms with Gasteiger partial charge in [-0.05, 0) is 36.8 Å². The molecule has 3 heterocycles. The number of nitrogens with one attached hydrogen (secondary N) is 1. The molecule has 1 aliphatic rings. The van der Waals surface area contributed by atoms with Gasteiger partial charge in [0.2, 0.25) is 11.8 Å². The Bertz CT molecular complexity index is 1100. The molecule has 0 aliphatic carbocycles. The van der Waals surface area contributed by atoms with Crippen molar-refractivity contribution in [2.24, 2.45) is 0 Å². The Kier molecular flexibility index (Phi) is 6.95. The van der Waals surface area contributed by atoms with E-state index in [4.69, 9.17) is 4.74 Å². The Morgan fingerprint density at radius 2 is 1.88 bits per heavy atom. The predicted molar refractivity (Wildman–Crippen MR) is 124 cm³/mol. The summed E-state index contributed by atoms with van der Waals surface area (Å²) in [6.45, 7) is 3.89. The molecule has 0 unspecified atom stereocenters. The topological polar surface area (TPSA) is 87.7 Å². The molecule has 0 bridgehead atoms. The molecule has 0 saturated carbocycles. The van der Waals surface area contributed by atoms with Crippen LogP contribution in [0.5, 0.6) is 11.6 Å². The van der Waals surface area contributed by atoms with E-state index in [2.05, 4.69) is 20.2 Å². The van der Waals surface area contributed by atoms with Crippen LogP contribution in [0.1, 0.15) is 21.6 Å². The quantitative estimate of drug-likeness (QED) is 0.628. The van der Waals surface area contributed by atoms with Crippen LogP contribution in [0.4, 0.5) is 0 Å². The summed E-state index contributed by atoms with van der Waals surface area (Å²) in [5.41, 5.74) is 2.35. The fraction of sp³-hybridized carbons (Fsp3) is 0.280. The van der Waals surface area contributed by atoms with E-state index in [0.29, 0.717) is 30.9 Å². The van der Waals surface area contributed by atoms with Gasteiger partial charge in [-0.25, -0.2) is 4.98 Å². The van der Waals surface area contributed by atoms with Gasteiger partial charge in [-0.1, -0.05) is 30.3 Å². The number of hydrogen-bond acceptors (Lipinski definition) is 6. The molecule has 170 valence electrons. The Balaban J connectivity index is 1.52. The smallest absolute Gasteiger partial charge is 0.259 e. The van der Waals surface area contributed by atoms with Gasteiger partial charge < -0.3 is 15.0 Å². The van der Waals surface area contributed by atoms with Crippen LogP contribution in [-0.2, 0) is 11.3 Å². The number of pyridine rings is 2. The Morgan fingerprint density at radius 3 is 2.61 bits per heavy atom. The highest BCUT2D eigenvalue weighted by Gasteiger charge is 2.35. The van der Waals surface area contributed by atoms with Gasteiger partial charge in [0.1, 0.15) is 17.4 Å². The summed E-state index contributed by atoms with van der Waals surface area (Å²) in [7, 11) is 1.62. The van der Waals surface area contributed by atoms with Gasteiger partial charge >= 0.3 is 0 Å². The number of aryl methyl sites for hydroxylation is 1. The maximum Gasteiger partial charge on any atom is 0.259 e. The second kappa shape index (κ2) is 10.2. The van der Waals surface area contributed by atoms with Crippen LogP contribution in [0.2, 0.25) is 0 Å². The molecule has 1 fully saturated rings. The molecule has 2 amide bonds. The summed E-state index contributed by atoms with van der Waals surface area (Å²) >= 11 is 0. The average molecular weight is 446 g/mol. The van der Waals surface area contributed by atoms with E-state index in [1.807, 2.05) is 43.3 Å². The third kappa shape index (κ3) is 5.35. The first kappa shape index (κ1) is 22.4. The number of amides is 2. The molecule has 8 nitrogen and oxygen atoms in total. The number of carbonyl (C=O) groups excluding carboxylic acids is 2. The van der Waals surface area contributed by atoms with Gasteiger partial charge in [0, 0.05) is 45.1 Å². The largest absolute Gasteiger partial charge is 0.437 e. The molecule has 1 N–H and O–H groups in total. The van der Waals surface area contributed by atoms with Crippen LogP contribution in [0.3, 0.4) is 0 Å². The molecular formula is C25H27N5O3. The van der Waals surface area contributed by atoms with Crippen molar-refractivity contribution in [2.75, 3.05) is 26.7 Å². The van der Waals surface area contributed by atoms with Crippen LogP contribution in [0, 0.1) is 6.92 Å². The second-order valence-corrected chi connectivity index (χ2v) is 7.93. The Morgan fingerprint density at radius 1 is 1.06 bits per heavy atom. The van der Waals surface area contributed by atoms with Crippen LogP contribution >= 0.6 is 0 Å². The normalized spacial score (nSPS) is 16.3. The van der Waals surface area contributed by atoms with Crippen LogP contribution in [0.15, 0.2) is 67.0 Å². The van der Waals surface area contributed by atoms with E-state index in [-0.39, 0.29) is 24.2 Å². The summed E-state index contributed by atoms with van der Waals surface area (Å²) in [6.07, 6.45) is 3.18. The minimum absolute atomic E-state index is 0.114. The molecule has 1 saturated heterocycles. The number of carbonyl (C=O) groups is 2. The van der Waals surface area contributed by atoms with E-state index in [1.54, 1.807) is 42.5 Å². The number of likely N-dealkylation sites (N-methyl/N-ethyl adjacent to an activating group) is 1. The van der Waals surface area contributed by atoms with Crippen molar-refractivity contribution in [1.82, 2.24) is 25.1 Å². The zero-order valence-electron chi connectivity index (χ0n) is 18.8. The van der Waals surface area contributed by atoms with E-state index in [0.717, 1.165) is 11.3 Å². The maximum absolute atomic E-state index is 13.4. The first-order valence-corrected chi connectivity index (χ1v) is 10.9. The van der Waals surface area contributed by atoms with Gasteiger partial charge in [0.25, 0.3) is 5.91 Å². The third-order valence-electron chi connectivity index (χ3n) is 5.66. The number of ether oxygens (including phenoxy) is 1. The monoisotopic (exact) mass is 445 g/mol. The average Bonchev–Trinajstić information content (AvgIpc) is 2.86. The highest BCUT2D eigenvalue weighted by molar-refractivity contribution is 5.97. The molecule has 0 spiro atoms. The van der Waals surface area contributed by atoms with Gasteiger partial charge in [0.05, 0.1) is 6.20 Å². The van der Waals surface area contributed by atoms with Gasteiger partial charge in [-0.3, -0.25) is 19.5 Å². The van der Waals surface area contributed by atoms with Crippen LogP contribution < -0.4 is 10.1 Å². The lowest BCUT2D eigenvalue weighted by Gasteiger charge is -2.40. The van der Waals surface area contributed by atoms with Crippen LogP contribution in [0.25, 0.3) is 0 Å². The fourth-order valence-electron chi connectivity index (χ4n) is 3.86. The number of rotatable bonds is 6. The van der Waals surface area contributed by atoms with Crippen molar-refractivity contribution < 1.29 is 14.3 Å². The lowest BCUT2D eigenvalue weighted by molar-refractivity contribution is -0.128. The molecule has 33 heavy (non-hydrogen) atoms. The molecular weight excluding hydrogens is 418 g/mol. The van der Waals surface area contributed by atoms with Crippen molar-refractivity contribution in [3.63, 3.8) is 0 Å². The van der Waals surface area contributed by atoms with E-state index >= 15 is 0 Å². The third-order valence-corrected chi connectivity index (χ3v) is 5.66. The molecule has 1 aliphatic heterocycles. The standard InChI is InChI=1S/C25H27N5O3/c1-18-10-11-20(15-28-18)33-24-21(9-6-12-27-24)25(32)30-14-13-29(22(17-30)23(31)26-2)16-19-7-4-3-5-8-19/h3-12,15,22H,13-14,16-17H2,1-2H3,(H,26,31)/t22-/m0/s1. The number of piperazine rings is 1. The number of nitrogens with zero attached hydrogens (tertiary/aromatic N) is 4. The summed E-state index contributed by atoms with van der Waals surface area (Å²) < 4.78 is 5.86. The summed E-state index contributed by atoms with van der Waals surface area (Å²) in [6, 6.07) is 16.6. The predicted octanol–water partition coefficient (Wildman–Crippen LogP) is 2.65. The molecule has 1 aromatic carbocycles. The molecule has 0 radical (unpaired) electrons. The van der Waals surface area contributed by atoms with E-state index < -0.39 is 6.04 Å².